The number of nitrogens with zero attached hydrogens (tertiary/aromatic N) is 1. The van der Waals surface area contributed by atoms with E-state index in [4.69, 9.17) is 4.42 Å². The Kier molecular flexibility index (Phi) is 7.26. The minimum atomic E-state index is 0.915. The molecular weight excluding hydrogens is 703 g/mol. The van der Waals surface area contributed by atoms with Gasteiger partial charge in [-0.15, -0.1) is 0 Å². The van der Waals surface area contributed by atoms with E-state index in [2.05, 4.69) is 205 Å². The van der Waals surface area contributed by atoms with Gasteiger partial charge in [0.25, 0.3) is 0 Å². The van der Waals surface area contributed by atoms with Gasteiger partial charge in [0, 0.05) is 32.8 Å². The molecule has 2 heteroatoms. The van der Waals surface area contributed by atoms with Gasteiger partial charge in [-0.3, -0.25) is 0 Å². The highest BCUT2D eigenvalue weighted by Gasteiger charge is 2.19. The van der Waals surface area contributed by atoms with Crippen molar-refractivity contribution in [1.82, 2.24) is 4.57 Å². The van der Waals surface area contributed by atoms with Crippen LogP contribution in [0.4, 0.5) is 0 Å². The van der Waals surface area contributed by atoms with E-state index in [1.165, 1.54) is 76.7 Å². The summed E-state index contributed by atoms with van der Waals surface area (Å²) in [6.07, 6.45) is 0. The molecule has 0 bridgehead atoms. The van der Waals surface area contributed by atoms with Gasteiger partial charge in [-0.2, -0.15) is 0 Å². The molecule has 2 aromatic heterocycles. The lowest BCUT2D eigenvalue weighted by Gasteiger charge is -2.19. The molecule has 0 atom stereocenters. The molecule has 0 amide bonds. The van der Waals surface area contributed by atoms with E-state index >= 15 is 0 Å². The second-order valence-electron chi connectivity index (χ2n) is 15.2. The smallest absolute Gasteiger partial charge is 0.143 e. The standard InChI is InChI=1S/C56H35NO/c1-3-23-48-46(21-1)54(37-32-30-36(31-33-37)38-14-11-15-39(34-38)42-25-13-26-50-45-20-7-10-29-53(45)58-56(42)50)47-22-2-4-24-49(47)55(48)40-16-12-17-41(35-40)57-51-27-8-5-18-43(51)44-19-6-9-28-52(44)57/h1-35H. The first-order chi connectivity index (χ1) is 28.8. The van der Waals surface area contributed by atoms with Crippen molar-refractivity contribution in [3.63, 3.8) is 0 Å². The van der Waals surface area contributed by atoms with Crippen molar-refractivity contribution in [2.45, 2.75) is 0 Å². The van der Waals surface area contributed by atoms with Crippen molar-refractivity contribution < 1.29 is 4.42 Å². The largest absolute Gasteiger partial charge is 0.455 e. The van der Waals surface area contributed by atoms with Crippen LogP contribution in [-0.4, -0.2) is 4.57 Å². The lowest BCUT2D eigenvalue weighted by Crippen LogP contribution is -1.95. The molecule has 0 saturated heterocycles. The summed E-state index contributed by atoms with van der Waals surface area (Å²) in [5.74, 6) is 0. The monoisotopic (exact) mass is 737 g/mol. The number of para-hydroxylation sites is 4. The van der Waals surface area contributed by atoms with E-state index in [1.807, 2.05) is 12.1 Å². The Balaban J connectivity index is 0.977. The second kappa shape index (κ2) is 12.9. The number of furan rings is 1. The molecule has 0 radical (unpaired) electrons. The topological polar surface area (TPSA) is 18.1 Å². The molecule has 12 rings (SSSR count). The third kappa shape index (κ3) is 4.99. The summed E-state index contributed by atoms with van der Waals surface area (Å²) in [6.45, 7) is 0. The maximum atomic E-state index is 6.41. The maximum Gasteiger partial charge on any atom is 0.143 e. The van der Waals surface area contributed by atoms with Crippen LogP contribution in [0.25, 0.3) is 115 Å². The van der Waals surface area contributed by atoms with Crippen molar-refractivity contribution in [3.05, 3.63) is 212 Å². The van der Waals surface area contributed by atoms with Crippen LogP contribution in [0, 0.1) is 0 Å². The van der Waals surface area contributed by atoms with Crippen LogP contribution >= 0.6 is 0 Å². The summed E-state index contributed by atoms with van der Waals surface area (Å²) in [5.41, 5.74) is 14.9. The fourth-order valence-corrected chi connectivity index (χ4v) is 9.42. The first-order valence-electron chi connectivity index (χ1n) is 19.9. The Bertz CT molecular complexity index is 3450. The number of aromatic nitrogens is 1. The van der Waals surface area contributed by atoms with Crippen molar-refractivity contribution >= 4 is 65.3 Å². The average Bonchev–Trinajstić information content (AvgIpc) is 3.84. The minimum Gasteiger partial charge on any atom is -0.455 e. The highest BCUT2D eigenvalue weighted by atomic mass is 16.3. The van der Waals surface area contributed by atoms with Gasteiger partial charge in [-0.05, 0) is 96.9 Å². The quantitative estimate of drug-likeness (QED) is 0.161. The maximum absolute atomic E-state index is 6.41. The normalized spacial score (nSPS) is 11.8. The molecule has 0 aliphatic rings. The Hall–Kier alpha value is -7.68. The summed E-state index contributed by atoms with van der Waals surface area (Å²) in [4.78, 5) is 0. The molecule has 12 aromatic rings. The van der Waals surface area contributed by atoms with Gasteiger partial charge in [-0.25, -0.2) is 0 Å². The van der Waals surface area contributed by atoms with Crippen LogP contribution in [-0.2, 0) is 0 Å². The van der Waals surface area contributed by atoms with Crippen LogP contribution in [0.5, 0.6) is 0 Å². The van der Waals surface area contributed by atoms with Gasteiger partial charge in [-0.1, -0.05) is 176 Å². The van der Waals surface area contributed by atoms with E-state index in [0.29, 0.717) is 0 Å². The van der Waals surface area contributed by atoms with Gasteiger partial charge >= 0.3 is 0 Å². The molecule has 2 heterocycles. The molecule has 0 spiro atoms. The van der Waals surface area contributed by atoms with Crippen molar-refractivity contribution in [3.8, 4) is 50.2 Å². The second-order valence-corrected chi connectivity index (χ2v) is 15.2. The van der Waals surface area contributed by atoms with Crippen LogP contribution in [0.3, 0.4) is 0 Å². The van der Waals surface area contributed by atoms with Crippen molar-refractivity contribution in [2.75, 3.05) is 0 Å². The highest BCUT2D eigenvalue weighted by Crippen LogP contribution is 2.45. The number of fused-ring (bicyclic) bond motifs is 8. The van der Waals surface area contributed by atoms with E-state index in [-0.39, 0.29) is 0 Å². The van der Waals surface area contributed by atoms with Crippen LogP contribution in [0.1, 0.15) is 0 Å². The Morgan fingerprint density at radius 2 is 0.776 bits per heavy atom. The number of benzene rings is 10. The summed E-state index contributed by atoms with van der Waals surface area (Å²) in [6, 6.07) is 77.0. The molecule has 0 fully saturated rings. The van der Waals surface area contributed by atoms with Crippen molar-refractivity contribution in [1.29, 1.82) is 0 Å². The van der Waals surface area contributed by atoms with Gasteiger partial charge in [0.05, 0.1) is 11.0 Å². The summed E-state index contributed by atoms with van der Waals surface area (Å²) in [5, 5.41) is 9.79. The first kappa shape index (κ1) is 32.6. The Labute approximate surface area is 335 Å². The molecule has 58 heavy (non-hydrogen) atoms. The molecule has 2 nitrogen and oxygen atoms in total. The van der Waals surface area contributed by atoms with E-state index in [9.17, 15) is 0 Å². The Morgan fingerprint density at radius 1 is 0.293 bits per heavy atom. The summed E-state index contributed by atoms with van der Waals surface area (Å²) >= 11 is 0. The fraction of sp³-hybridized carbons (Fsp3) is 0. The highest BCUT2D eigenvalue weighted by molar-refractivity contribution is 6.21. The van der Waals surface area contributed by atoms with Crippen LogP contribution in [0.2, 0.25) is 0 Å². The number of rotatable bonds is 5. The third-order valence-electron chi connectivity index (χ3n) is 12.0. The lowest BCUT2D eigenvalue weighted by atomic mass is 9.85. The predicted octanol–water partition coefficient (Wildman–Crippen LogP) is 15.7. The van der Waals surface area contributed by atoms with Crippen LogP contribution in [0.15, 0.2) is 217 Å². The number of hydrogen-bond donors (Lipinski definition) is 0. The predicted molar refractivity (Wildman–Crippen MR) is 245 cm³/mol. The first-order valence-corrected chi connectivity index (χ1v) is 19.9. The third-order valence-corrected chi connectivity index (χ3v) is 12.0. The minimum absolute atomic E-state index is 0.915. The zero-order valence-corrected chi connectivity index (χ0v) is 31.6. The van der Waals surface area contributed by atoms with Crippen molar-refractivity contribution in [2.24, 2.45) is 0 Å². The summed E-state index contributed by atoms with van der Waals surface area (Å²) in [7, 11) is 0. The zero-order valence-electron chi connectivity index (χ0n) is 31.6. The van der Waals surface area contributed by atoms with E-state index in [0.717, 1.165) is 38.8 Å². The zero-order chi connectivity index (χ0) is 38.2. The Morgan fingerprint density at radius 3 is 1.45 bits per heavy atom. The molecule has 270 valence electrons. The van der Waals surface area contributed by atoms with E-state index in [1.54, 1.807) is 0 Å². The van der Waals surface area contributed by atoms with Gasteiger partial charge in [0.2, 0.25) is 0 Å². The molecule has 0 aliphatic heterocycles. The van der Waals surface area contributed by atoms with Gasteiger partial charge in [0.1, 0.15) is 11.2 Å². The average molecular weight is 738 g/mol. The fourth-order valence-electron chi connectivity index (χ4n) is 9.42. The SMILES string of the molecule is c1cc(-c2ccc(-c3c4ccccc4c(-c4cccc(-n5c6ccccc6c6ccccc65)c4)c4ccccc34)cc2)cc(-c2cccc3c2oc2ccccc23)c1. The molecule has 0 saturated carbocycles. The lowest BCUT2D eigenvalue weighted by molar-refractivity contribution is 0.670. The molecule has 0 aliphatic carbocycles. The summed E-state index contributed by atoms with van der Waals surface area (Å²) < 4.78 is 8.81. The molecule has 0 unspecified atom stereocenters. The molecule has 10 aromatic carbocycles. The molecule has 0 N–H and O–H groups in total. The van der Waals surface area contributed by atoms with E-state index < -0.39 is 0 Å². The molecular formula is C56H35NO. The van der Waals surface area contributed by atoms with Crippen LogP contribution < -0.4 is 0 Å². The van der Waals surface area contributed by atoms with Gasteiger partial charge in [0.15, 0.2) is 0 Å². The number of hydrogen-bond acceptors (Lipinski definition) is 1. The van der Waals surface area contributed by atoms with Gasteiger partial charge < -0.3 is 8.98 Å².